The lowest BCUT2D eigenvalue weighted by Gasteiger charge is -2.28. The minimum atomic E-state index is -1.30. The lowest BCUT2D eigenvalue weighted by atomic mass is 10.0. The van der Waals surface area contributed by atoms with Crippen molar-refractivity contribution in [1.82, 2.24) is 4.90 Å². The minimum Gasteiger partial charge on any atom is -0.548 e. The van der Waals surface area contributed by atoms with E-state index in [2.05, 4.69) is 0 Å². The van der Waals surface area contributed by atoms with E-state index in [4.69, 9.17) is 12.2 Å². The number of nitrogens with zero attached hydrogens (tertiary/aromatic N) is 1. The van der Waals surface area contributed by atoms with Crippen LogP contribution in [0, 0.1) is 5.92 Å². The number of amides is 1. The first-order valence-electron chi connectivity index (χ1n) is 7.06. The number of carboxylic acid groups (broad SMARTS) is 1. The first kappa shape index (κ1) is 17.5. The predicted octanol–water partition coefficient (Wildman–Crippen LogP) is 1.76. The second-order valence-electron chi connectivity index (χ2n) is 5.61. The van der Waals surface area contributed by atoms with E-state index in [1.54, 1.807) is 18.2 Å². The number of carboxylic acids is 1. The number of aliphatic carboxylic acids is 1. The van der Waals surface area contributed by atoms with Gasteiger partial charge in [0.15, 0.2) is 0 Å². The highest BCUT2D eigenvalue weighted by atomic mass is 32.2. The van der Waals surface area contributed by atoms with Crippen molar-refractivity contribution in [3.05, 3.63) is 34.7 Å². The fourth-order valence-corrected chi connectivity index (χ4v) is 3.58. The molecule has 0 radical (unpaired) electrons. The quantitative estimate of drug-likeness (QED) is 0.644. The molecule has 1 aliphatic rings. The summed E-state index contributed by atoms with van der Waals surface area (Å²) < 4.78 is 0.217. The summed E-state index contributed by atoms with van der Waals surface area (Å²) in [7, 11) is 0. The molecule has 2 rings (SSSR count). The Hall–Kier alpha value is -1.86. The van der Waals surface area contributed by atoms with Crippen molar-refractivity contribution in [2.75, 3.05) is 0 Å². The number of carbonyl (C=O) groups is 2. The number of hydrogen-bond acceptors (Lipinski definition) is 6. The highest BCUT2D eigenvalue weighted by Gasteiger charge is 2.37. The number of carbonyl (C=O) groups excluding carboxylic acids is 2. The van der Waals surface area contributed by atoms with Gasteiger partial charge in [-0.1, -0.05) is 50.0 Å². The summed E-state index contributed by atoms with van der Waals surface area (Å²) >= 11 is 6.25. The Balaban J connectivity index is 2.28. The first-order valence-corrected chi connectivity index (χ1v) is 8.29. The van der Waals surface area contributed by atoms with Gasteiger partial charge in [-0.05, 0) is 36.1 Å². The van der Waals surface area contributed by atoms with Crippen LogP contribution < -0.4 is 5.11 Å². The molecule has 122 valence electrons. The molecule has 1 N–H and O–H groups in total. The summed E-state index contributed by atoms with van der Waals surface area (Å²) in [4.78, 5) is 25.4. The van der Waals surface area contributed by atoms with Crippen LogP contribution in [0.3, 0.4) is 0 Å². The number of phenols is 1. The van der Waals surface area contributed by atoms with E-state index in [1.165, 1.54) is 12.1 Å². The molecule has 1 saturated heterocycles. The first-order chi connectivity index (χ1) is 10.8. The summed E-state index contributed by atoms with van der Waals surface area (Å²) in [5.74, 6) is -1.52. The third kappa shape index (κ3) is 4.11. The van der Waals surface area contributed by atoms with Gasteiger partial charge in [-0.2, -0.15) is 0 Å². The molecule has 1 aromatic rings. The smallest absolute Gasteiger partial charge is 0.266 e. The number of benzene rings is 1. The Morgan fingerprint density at radius 1 is 1.39 bits per heavy atom. The number of aromatic hydroxyl groups is 1. The zero-order chi connectivity index (χ0) is 17.1. The molecule has 0 aliphatic carbocycles. The van der Waals surface area contributed by atoms with Crippen LogP contribution in [0.4, 0.5) is 0 Å². The summed E-state index contributed by atoms with van der Waals surface area (Å²) in [6, 6.07) is 5.27. The molecule has 0 unspecified atom stereocenters. The highest BCUT2D eigenvalue weighted by molar-refractivity contribution is 8.26. The molecule has 1 heterocycles. The molecular formula is C16H16NO4S2-. The lowest BCUT2D eigenvalue weighted by Crippen LogP contribution is -2.50. The third-order valence-electron chi connectivity index (χ3n) is 3.29. The standard InChI is InChI=1S/C16H17NO4S2/c1-9(2)7-12(15(20)21)17-14(19)13(23-16(17)22)8-10-3-5-11(18)6-4-10/h3-6,8-9,12,18H,7H2,1-2H3,(H,20,21)/p-1/b13-8-/t12-/m0/s1. The average Bonchev–Trinajstić information content (AvgIpc) is 2.73. The molecule has 0 spiro atoms. The second-order valence-corrected chi connectivity index (χ2v) is 7.28. The van der Waals surface area contributed by atoms with E-state index in [9.17, 15) is 19.8 Å². The van der Waals surface area contributed by atoms with Crippen LogP contribution in [0.25, 0.3) is 6.08 Å². The van der Waals surface area contributed by atoms with Gasteiger partial charge in [0.2, 0.25) is 0 Å². The molecule has 5 nitrogen and oxygen atoms in total. The molecule has 0 bridgehead atoms. The molecule has 23 heavy (non-hydrogen) atoms. The molecule has 7 heteroatoms. The Morgan fingerprint density at radius 2 is 2.00 bits per heavy atom. The summed E-state index contributed by atoms with van der Waals surface area (Å²) in [6.07, 6.45) is 1.90. The number of hydrogen-bond donors (Lipinski definition) is 1. The molecule has 1 aromatic carbocycles. The normalized spacial score (nSPS) is 18.0. The topological polar surface area (TPSA) is 80.7 Å². The van der Waals surface area contributed by atoms with E-state index >= 15 is 0 Å². The minimum absolute atomic E-state index is 0.0867. The van der Waals surface area contributed by atoms with Gasteiger partial charge in [-0.15, -0.1) is 0 Å². The second kappa shape index (κ2) is 7.14. The largest absolute Gasteiger partial charge is 0.548 e. The Bertz CT molecular complexity index is 667. The van der Waals surface area contributed by atoms with Gasteiger partial charge in [0, 0.05) is 0 Å². The van der Waals surface area contributed by atoms with Crippen molar-refractivity contribution in [2.24, 2.45) is 5.92 Å². The maximum Gasteiger partial charge on any atom is 0.266 e. The van der Waals surface area contributed by atoms with Crippen molar-refractivity contribution in [3.8, 4) is 5.75 Å². The van der Waals surface area contributed by atoms with Crippen molar-refractivity contribution >= 4 is 46.3 Å². The van der Waals surface area contributed by atoms with E-state index in [1.807, 2.05) is 13.8 Å². The zero-order valence-electron chi connectivity index (χ0n) is 12.7. The van der Waals surface area contributed by atoms with E-state index in [0.29, 0.717) is 4.91 Å². The van der Waals surface area contributed by atoms with E-state index < -0.39 is 17.9 Å². The Kier molecular flexibility index (Phi) is 5.43. The van der Waals surface area contributed by atoms with Crippen LogP contribution in [0.5, 0.6) is 5.75 Å². The summed E-state index contributed by atoms with van der Waals surface area (Å²) in [6.45, 7) is 3.75. The van der Waals surface area contributed by atoms with E-state index in [0.717, 1.165) is 22.2 Å². The molecule has 1 fully saturated rings. The maximum absolute atomic E-state index is 12.5. The zero-order valence-corrected chi connectivity index (χ0v) is 14.3. The van der Waals surface area contributed by atoms with Gasteiger partial charge in [0.25, 0.3) is 5.91 Å². The van der Waals surface area contributed by atoms with Gasteiger partial charge in [-0.3, -0.25) is 9.69 Å². The van der Waals surface area contributed by atoms with Gasteiger partial charge < -0.3 is 15.0 Å². The molecule has 1 atom stereocenters. The fourth-order valence-electron chi connectivity index (χ4n) is 2.22. The van der Waals surface area contributed by atoms with E-state index in [-0.39, 0.29) is 22.4 Å². The van der Waals surface area contributed by atoms with Crippen molar-refractivity contribution in [3.63, 3.8) is 0 Å². The van der Waals surface area contributed by atoms with Crippen molar-refractivity contribution < 1.29 is 19.8 Å². The number of phenolic OH excluding ortho intramolecular Hbond substituents is 1. The average molecular weight is 350 g/mol. The monoisotopic (exact) mass is 350 g/mol. The van der Waals surface area contributed by atoms with Crippen molar-refractivity contribution in [1.29, 1.82) is 0 Å². The third-order valence-corrected chi connectivity index (χ3v) is 4.62. The molecule has 0 saturated carbocycles. The van der Waals surface area contributed by atoms with Crippen LogP contribution in [-0.2, 0) is 9.59 Å². The number of rotatable bonds is 5. The van der Waals surface area contributed by atoms with Crippen LogP contribution in [-0.4, -0.2) is 32.2 Å². The van der Waals surface area contributed by atoms with Crippen LogP contribution in [0.15, 0.2) is 29.2 Å². The van der Waals surface area contributed by atoms with Gasteiger partial charge >= 0.3 is 0 Å². The van der Waals surface area contributed by atoms with Crippen LogP contribution in [0.1, 0.15) is 25.8 Å². The SMILES string of the molecule is CC(C)C[C@@H](C(=O)[O-])N1C(=O)/C(=C/c2ccc(O)cc2)SC1=S. The summed E-state index contributed by atoms with van der Waals surface area (Å²) in [5, 5.41) is 20.7. The van der Waals surface area contributed by atoms with Gasteiger partial charge in [0.05, 0.1) is 16.9 Å². The Morgan fingerprint density at radius 3 is 2.52 bits per heavy atom. The van der Waals surface area contributed by atoms with Gasteiger partial charge in [0.1, 0.15) is 10.1 Å². The van der Waals surface area contributed by atoms with Crippen LogP contribution in [0.2, 0.25) is 0 Å². The van der Waals surface area contributed by atoms with Crippen LogP contribution >= 0.6 is 24.0 Å². The fraction of sp³-hybridized carbons (Fsp3) is 0.312. The predicted molar refractivity (Wildman–Crippen MR) is 91.4 cm³/mol. The summed E-state index contributed by atoms with van der Waals surface area (Å²) in [5.41, 5.74) is 0.720. The van der Waals surface area contributed by atoms with Gasteiger partial charge in [-0.25, -0.2) is 0 Å². The highest BCUT2D eigenvalue weighted by Crippen LogP contribution is 2.35. The van der Waals surface area contributed by atoms with Crippen molar-refractivity contribution in [2.45, 2.75) is 26.3 Å². The lowest BCUT2D eigenvalue weighted by molar-refractivity contribution is -0.310. The molecule has 0 aromatic heterocycles. The molecule has 1 aliphatic heterocycles. The number of thioether (sulfide) groups is 1. The number of thiocarbonyl (C=S) groups is 1. The Labute approximate surface area is 144 Å². The maximum atomic E-state index is 12.5. The molecule has 1 amide bonds. The molecular weight excluding hydrogens is 334 g/mol.